The number of rotatable bonds is 7. The monoisotopic (exact) mass is 233 g/mol. The largest absolute Gasteiger partial charge is 0.383 e. The molecule has 0 aromatic carbocycles. The Hall–Kier alpha value is -0.190. The van der Waals surface area contributed by atoms with E-state index in [9.17, 15) is 4.39 Å². The van der Waals surface area contributed by atoms with Crippen LogP contribution in [-0.4, -0.2) is 56.6 Å². The molecule has 3 atom stereocenters. The Labute approximate surface area is 97.9 Å². The first-order valence-corrected chi connectivity index (χ1v) is 6.16. The minimum Gasteiger partial charge on any atom is -0.383 e. The molecule has 0 N–H and O–H groups in total. The summed E-state index contributed by atoms with van der Waals surface area (Å²) in [5.41, 5.74) is 0. The third-order valence-electron chi connectivity index (χ3n) is 3.21. The Kier molecular flexibility index (Phi) is 6.24. The molecule has 0 aromatic heterocycles. The van der Waals surface area contributed by atoms with E-state index in [2.05, 4.69) is 18.7 Å². The predicted octanol–water partition coefficient (Wildman–Crippen LogP) is 1.86. The molecule has 1 heterocycles. The molecule has 0 aromatic rings. The van der Waals surface area contributed by atoms with Crippen LogP contribution in [0.15, 0.2) is 0 Å². The van der Waals surface area contributed by atoms with Crippen LogP contribution < -0.4 is 0 Å². The molecule has 0 spiro atoms. The summed E-state index contributed by atoms with van der Waals surface area (Å²) in [6, 6.07) is 0.221. The van der Waals surface area contributed by atoms with Crippen LogP contribution in [0.1, 0.15) is 26.7 Å². The molecule has 1 rings (SSSR count). The minimum absolute atomic E-state index is 0.221. The zero-order chi connectivity index (χ0) is 12.0. The molecule has 4 heteroatoms. The highest BCUT2D eigenvalue weighted by atomic mass is 19.1. The van der Waals surface area contributed by atoms with Gasteiger partial charge in [-0.2, -0.15) is 0 Å². The summed E-state index contributed by atoms with van der Waals surface area (Å²) >= 11 is 0. The number of halogens is 1. The van der Waals surface area contributed by atoms with Gasteiger partial charge in [-0.1, -0.05) is 6.92 Å². The second kappa shape index (κ2) is 7.20. The topological polar surface area (TPSA) is 21.7 Å². The zero-order valence-electron chi connectivity index (χ0n) is 10.6. The van der Waals surface area contributed by atoms with E-state index in [0.29, 0.717) is 26.2 Å². The van der Waals surface area contributed by atoms with E-state index < -0.39 is 6.17 Å². The van der Waals surface area contributed by atoms with Crippen molar-refractivity contribution in [2.24, 2.45) is 0 Å². The second-order valence-corrected chi connectivity index (χ2v) is 4.53. The summed E-state index contributed by atoms with van der Waals surface area (Å²) in [6.45, 7) is 6.77. The predicted molar refractivity (Wildman–Crippen MR) is 62.5 cm³/mol. The maximum absolute atomic E-state index is 13.3. The molecule has 0 aliphatic carbocycles. The zero-order valence-corrected chi connectivity index (χ0v) is 10.6. The van der Waals surface area contributed by atoms with Crippen molar-refractivity contribution in [3.8, 4) is 0 Å². The number of hydrogen-bond donors (Lipinski definition) is 0. The van der Waals surface area contributed by atoms with Crippen LogP contribution in [0.2, 0.25) is 0 Å². The van der Waals surface area contributed by atoms with E-state index in [-0.39, 0.29) is 12.1 Å². The number of methoxy groups -OCH3 is 1. The van der Waals surface area contributed by atoms with Crippen molar-refractivity contribution < 1.29 is 13.9 Å². The fourth-order valence-corrected chi connectivity index (χ4v) is 1.97. The summed E-state index contributed by atoms with van der Waals surface area (Å²) < 4.78 is 24.0. The quantitative estimate of drug-likeness (QED) is 0.670. The average molecular weight is 233 g/mol. The molecule has 3 nitrogen and oxygen atoms in total. The highest BCUT2D eigenvalue weighted by Crippen LogP contribution is 2.20. The molecule has 1 aliphatic rings. The van der Waals surface area contributed by atoms with E-state index in [1.165, 1.54) is 0 Å². The van der Waals surface area contributed by atoms with Crippen LogP contribution in [0, 0.1) is 0 Å². The Morgan fingerprint density at radius 2 is 2.25 bits per heavy atom. The van der Waals surface area contributed by atoms with Crippen LogP contribution >= 0.6 is 0 Å². The minimum atomic E-state index is -0.706. The van der Waals surface area contributed by atoms with E-state index in [1.54, 1.807) is 7.11 Å². The smallest absolute Gasteiger partial charge is 0.114 e. The molecular formula is C12H24FNO2. The molecule has 0 bridgehead atoms. The van der Waals surface area contributed by atoms with Gasteiger partial charge in [-0.15, -0.1) is 0 Å². The second-order valence-electron chi connectivity index (χ2n) is 4.53. The SMILES string of the molecule is CCC(C)OC[C@@H]1C[C@@H](F)CN1CCOC. The van der Waals surface area contributed by atoms with Crippen LogP contribution in [0.4, 0.5) is 4.39 Å². The maximum Gasteiger partial charge on any atom is 0.114 e. The van der Waals surface area contributed by atoms with Crippen LogP contribution in [-0.2, 0) is 9.47 Å². The highest BCUT2D eigenvalue weighted by Gasteiger charge is 2.31. The van der Waals surface area contributed by atoms with Gasteiger partial charge in [0.1, 0.15) is 6.17 Å². The fourth-order valence-electron chi connectivity index (χ4n) is 1.97. The van der Waals surface area contributed by atoms with Crippen molar-refractivity contribution in [1.82, 2.24) is 4.90 Å². The lowest BCUT2D eigenvalue weighted by atomic mass is 10.2. The van der Waals surface area contributed by atoms with Crippen molar-refractivity contribution in [2.45, 2.75) is 45.0 Å². The molecule has 1 unspecified atom stereocenters. The third kappa shape index (κ3) is 4.36. The van der Waals surface area contributed by atoms with Gasteiger partial charge < -0.3 is 9.47 Å². The van der Waals surface area contributed by atoms with E-state index in [4.69, 9.17) is 9.47 Å². The van der Waals surface area contributed by atoms with Crippen LogP contribution in [0.3, 0.4) is 0 Å². The first-order chi connectivity index (χ1) is 7.67. The van der Waals surface area contributed by atoms with Crippen molar-refractivity contribution in [3.63, 3.8) is 0 Å². The molecule has 0 saturated carbocycles. The average Bonchev–Trinajstić information content (AvgIpc) is 2.63. The van der Waals surface area contributed by atoms with Crippen molar-refractivity contribution in [2.75, 3.05) is 33.4 Å². The Balaban J connectivity index is 2.31. The van der Waals surface area contributed by atoms with Gasteiger partial charge in [-0.05, 0) is 19.8 Å². The molecule has 0 amide bonds. The molecule has 16 heavy (non-hydrogen) atoms. The van der Waals surface area contributed by atoms with Crippen LogP contribution in [0.5, 0.6) is 0 Å². The number of ether oxygens (including phenoxy) is 2. The van der Waals surface area contributed by atoms with E-state index in [1.807, 2.05) is 0 Å². The summed E-state index contributed by atoms with van der Waals surface area (Å²) in [7, 11) is 1.67. The molecule has 1 saturated heterocycles. The van der Waals surface area contributed by atoms with Crippen molar-refractivity contribution in [1.29, 1.82) is 0 Å². The number of likely N-dealkylation sites (tertiary alicyclic amines) is 1. The van der Waals surface area contributed by atoms with Gasteiger partial charge in [0.05, 0.1) is 19.3 Å². The lowest BCUT2D eigenvalue weighted by molar-refractivity contribution is 0.0211. The summed E-state index contributed by atoms with van der Waals surface area (Å²) in [6.07, 6.45) is 1.16. The Morgan fingerprint density at radius 3 is 2.88 bits per heavy atom. The summed E-state index contributed by atoms with van der Waals surface area (Å²) in [4.78, 5) is 2.14. The summed E-state index contributed by atoms with van der Waals surface area (Å²) in [5, 5.41) is 0. The lowest BCUT2D eigenvalue weighted by Gasteiger charge is -2.24. The van der Waals surface area contributed by atoms with Crippen molar-refractivity contribution in [3.05, 3.63) is 0 Å². The van der Waals surface area contributed by atoms with Gasteiger partial charge in [-0.3, -0.25) is 4.90 Å². The lowest BCUT2D eigenvalue weighted by Crippen LogP contribution is -2.36. The molecular weight excluding hydrogens is 209 g/mol. The van der Waals surface area contributed by atoms with Gasteiger partial charge in [0.25, 0.3) is 0 Å². The third-order valence-corrected chi connectivity index (χ3v) is 3.21. The standard InChI is InChI=1S/C12H24FNO2/c1-4-10(2)16-9-12-7-11(13)8-14(12)5-6-15-3/h10-12H,4-9H2,1-3H3/t10?,11-,12+/m1/s1. The van der Waals surface area contributed by atoms with Gasteiger partial charge in [-0.25, -0.2) is 4.39 Å². The first-order valence-electron chi connectivity index (χ1n) is 6.16. The van der Waals surface area contributed by atoms with Crippen molar-refractivity contribution >= 4 is 0 Å². The summed E-state index contributed by atoms with van der Waals surface area (Å²) in [5.74, 6) is 0. The fraction of sp³-hybridized carbons (Fsp3) is 1.00. The molecule has 96 valence electrons. The Bertz CT molecular complexity index is 192. The van der Waals surface area contributed by atoms with Gasteiger partial charge in [0.15, 0.2) is 0 Å². The first kappa shape index (κ1) is 13.9. The Morgan fingerprint density at radius 1 is 1.50 bits per heavy atom. The maximum atomic E-state index is 13.3. The number of nitrogens with zero attached hydrogens (tertiary/aromatic N) is 1. The molecule has 0 radical (unpaired) electrons. The number of alkyl halides is 1. The van der Waals surface area contributed by atoms with Gasteiger partial charge in [0, 0.05) is 26.2 Å². The molecule has 1 aliphatic heterocycles. The highest BCUT2D eigenvalue weighted by molar-refractivity contribution is 4.85. The van der Waals surface area contributed by atoms with E-state index in [0.717, 1.165) is 13.0 Å². The van der Waals surface area contributed by atoms with Gasteiger partial charge >= 0.3 is 0 Å². The molecule has 1 fully saturated rings. The van der Waals surface area contributed by atoms with Gasteiger partial charge in [0.2, 0.25) is 0 Å². The normalized spacial score (nSPS) is 28.5. The van der Waals surface area contributed by atoms with E-state index >= 15 is 0 Å². The number of hydrogen-bond acceptors (Lipinski definition) is 3. The van der Waals surface area contributed by atoms with Crippen LogP contribution in [0.25, 0.3) is 0 Å².